The molecule has 1 aromatic heterocycles. The third-order valence-corrected chi connectivity index (χ3v) is 7.81. The molecule has 2 aromatic carbocycles. The van der Waals surface area contributed by atoms with Crippen LogP contribution in [0.4, 0.5) is 11.4 Å². The van der Waals surface area contributed by atoms with Crippen LogP contribution in [-0.2, 0) is 9.59 Å². The fraction of sp³-hybridized carbons (Fsp3) is 0.485. The number of rotatable bonds is 19. The molecule has 1 heterocycles. The summed E-state index contributed by atoms with van der Waals surface area (Å²) in [5.41, 5.74) is 1.55. The van der Waals surface area contributed by atoms with Gasteiger partial charge in [0.2, 0.25) is 6.04 Å². The van der Waals surface area contributed by atoms with Crippen molar-refractivity contribution in [1.82, 2.24) is 30.4 Å². The van der Waals surface area contributed by atoms with E-state index in [0.717, 1.165) is 52.1 Å². The molecular weight excluding hydrogens is 602 g/mol. The van der Waals surface area contributed by atoms with Crippen molar-refractivity contribution in [2.24, 2.45) is 10.2 Å². The van der Waals surface area contributed by atoms with Crippen LogP contribution in [0.1, 0.15) is 68.2 Å². The zero-order valence-electron chi connectivity index (χ0n) is 27.9. The van der Waals surface area contributed by atoms with Gasteiger partial charge in [0.05, 0.1) is 16.7 Å². The highest BCUT2D eigenvalue weighted by Gasteiger charge is 2.24. The molecule has 0 spiro atoms. The molecule has 254 valence electrons. The number of aromatic nitrogens is 2. The lowest BCUT2D eigenvalue weighted by molar-refractivity contribution is -0.126. The first-order valence-electron chi connectivity index (χ1n) is 16.2. The van der Waals surface area contributed by atoms with Gasteiger partial charge >= 0.3 is 5.69 Å². The summed E-state index contributed by atoms with van der Waals surface area (Å²) in [5, 5.41) is 16.6. The normalized spacial score (nSPS) is 12.1. The Kier molecular flexibility index (Phi) is 14.4. The number of imidazole rings is 1. The number of fused-ring (bicyclic) bond motifs is 1. The Morgan fingerprint density at radius 1 is 0.766 bits per heavy atom. The van der Waals surface area contributed by atoms with Gasteiger partial charge in [0, 0.05) is 29.9 Å². The Morgan fingerprint density at radius 3 is 1.81 bits per heavy atom. The number of nitrogens with zero attached hydrogens (tertiary/aromatic N) is 4. The van der Waals surface area contributed by atoms with Crippen molar-refractivity contribution >= 4 is 45.9 Å². The lowest BCUT2D eigenvalue weighted by Crippen LogP contribution is -2.31. The Balaban J connectivity index is 1.79. The number of aromatic amines is 2. The van der Waals surface area contributed by atoms with E-state index >= 15 is 0 Å². The fourth-order valence-electron chi connectivity index (χ4n) is 4.99. The Hall–Kier alpha value is -4.69. The summed E-state index contributed by atoms with van der Waals surface area (Å²) in [6.07, 6.45) is 1.52. The summed E-state index contributed by atoms with van der Waals surface area (Å²) in [6, 6.07) is 7.67. The van der Waals surface area contributed by atoms with E-state index in [4.69, 9.17) is 0 Å². The first-order chi connectivity index (χ1) is 22.6. The molecule has 0 aliphatic carbocycles. The highest BCUT2D eigenvalue weighted by atomic mass is 16.2. The van der Waals surface area contributed by atoms with E-state index < -0.39 is 17.7 Å². The number of H-pyrrole nitrogens is 2. The molecule has 3 rings (SSSR count). The number of carbonyl (C=O) groups excluding carboxylic acids is 4. The summed E-state index contributed by atoms with van der Waals surface area (Å²) in [4.78, 5) is 73.1. The quantitative estimate of drug-likeness (QED) is 0.0748. The van der Waals surface area contributed by atoms with Gasteiger partial charge in [-0.2, -0.15) is 10.2 Å². The SMILES string of the molecule is CCN(CC)CCCNC(=O)c1cc(N=NC(C(C)=O)C(=O)Nc2ccc3[nH]c(=O)[nH]c3c2)cc(C(=O)NCCCN(CC)CC)c1. The minimum Gasteiger partial charge on any atom is -0.352 e. The maximum Gasteiger partial charge on any atom is 0.323 e. The van der Waals surface area contributed by atoms with Crippen LogP contribution in [0.2, 0.25) is 0 Å². The van der Waals surface area contributed by atoms with E-state index in [1.165, 1.54) is 25.1 Å². The molecule has 1 atom stereocenters. The second-order valence-corrected chi connectivity index (χ2v) is 11.1. The molecule has 14 nitrogen and oxygen atoms in total. The highest BCUT2D eigenvalue weighted by molar-refractivity contribution is 6.10. The maximum atomic E-state index is 13.1. The molecule has 0 saturated carbocycles. The molecule has 3 amide bonds. The van der Waals surface area contributed by atoms with Crippen LogP contribution < -0.4 is 21.6 Å². The average Bonchev–Trinajstić information content (AvgIpc) is 3.43. The largest absolute Gasteiger partial charge is 0.352 e. The summed E-state index contributed by atoms with van der Waals surface area (Å²) in [5.74, 6) is -2.05. The number of benzene rings is 2. The van der Waals surface area contributed by atoms with E-state index in [1.807, 2.05) is 0 Å². The Labute approximate surface area is 274 Å². The number of anilines is 1. The van der Waals surface area contributed by atoms with Gasteiger partial charge in [-0.05, 0) is 95.4 Å². The first kappa shape index (κ1) is 36.8. The van der Waals surface area contributed by atoms with Crippen LogP contribution in [0.15, 0.2) is 51.4 Å². The van der Waals surface area contributed by atoms with Crippen molar-refractivity contribution < 1.29 is 19.2 Å². The molecule has 0 aliphatic rings. The van der Waals surface area contributed by atoms with E-state index in [2.05, 4.69) is 73.6 Å². The smallest absolute Gasteiger partial charge is 0.323 e. The van der Waals surface area contributed by atoms with E-state index in [9.17, 15) is 24.0 Å². The number of amides is 3. The second kappa shape index (κ2) is 18.5. The molecule has 0 saturated heterocycles. The number of hydrogen-bond acceptors (Lipinski definition) is 9. The van der Waals surface area contributed by atoms with Gasteiger partial charge in [-0.15, -0.1) is 0 Å². The zero-order valence-corrected chi connectivity index (χ0v) is 27.9. The van der Waals surface area contributed by atoms with Crippen LogP contribution in [-0.4, -0.2) is 102 Å². The monoisotopic (exact) mass is 649 g/mol. The second-order valence-electron chi connectivity index (χ2n) is 11.1. The van der Waals surface area contributed by atoms with Crippen molar-refractivity contribution in [3.63, 3.8) is 0 Å². The van der Waals surface area contributed by atoms with Gasteiger partial charge < -0.3 is 35.7 Å². The fourth-order valence-corrected chi connectivity index (χ4v) is 4.99. The predicted molar refractivity (Wildman–Crippen MR) is 182 cm³/mol. The number of Topliss-reactive ketones (excluding diaryl/α,β-unsaturated/α-hetero) is 1. The van der Waals surface area contributed by atoms with Crippen LogP contribution in [0.25, 0.3) is 11.0 Å². The minimum absolute atomic E-state index is 0.138. The Morgan fingerprint density at radius 2 is 1.30 bits per heavy atom. The predicted octanol–water partition coefficient (Wildman–Crippen LogP) is 3.46. The number of ketones is 1. The molecular formula is C33H47N9O5. The molecule has 5 N–H and O–H groups in total. The molecule has 0 fully saturated rings. The van der Waals surface area contributed by atoms with Crippen LogP contribution in [0, 0.1) is 0 Å². The number of carbonyl (C=O) groups is 4. The van der Waals surface area contributed by atoms with E-state index in [1.54, 1.807) is 18.2 Å². The van der Waals surface area contributed by atoms with Gasteiger partial charge in [0.1, 0.15) is 0 Å². The summed E-state index contributed by atoms with van der Waals surface area (Å²) >= 11 is 0. The standard InChI is InChI=1S/C33H47N9O5/c1-6-41(7-2)16-10-14-34-30(44)23-18-24(31(45)35-15-11-17-42(8-3)9-4)20-26(19-23)39-40-29(22(5)43)32(46)36-25-12-13-27-28(21-25)38-33(47)37-27/h12-13,18-21,29H,6-11,14-17H2,1-5H3,(H,34,44)(H,35,45)(H,36,46)(H2,37,38,47). The number of nitrogens with one attached hydrogen (secondary N) is 5. The van der Waals surface area contributed by atoms with E-state index in [-0.39, 0.29) is 34.3 Å². The molecule has 47 heavy (non-hydrogen) atoms. The number of azo groups is 1. The van der Waals surface area contributed by atoms with Gasteiger partial charge in [0.15, 0.2) is 5.78 Å². The number of hydrogen-bond donors (Lipinski definition) is 5. The Bertz CT molecular complexity index is 1550. The lowest BCUT2D eigenvalue weighted by atomic mass is 10.1. The highest BCUT2D eigenvalue weighted by Crippen LogP contribution is 2.21. The van der Waals surface area contributed by atoms with Gasteiger partial charge in [-0.25, -0.2) is 4.79 Å². The summed E-state index contributed by atoms with van der Waals surface area (Å²) in [6.45, 7) is 15.8. The van der Waals surface area contributed by atoms with Crippen LogP contribution >= 0.6 is 0 Å². The third-order valence-electron chi connectivity index (χ3n) is 7.81. The maximum absolute atomic E-state index is 13.1. The lowest BCUT2D eigenvalue weighted by Gasteiger charge is -2.18. The molecule has 0 aliphatic heterocycles. The van der Waals surface area contributed by atoms with Gasteiger partial charge in [-0.3, -0.25) is 19.2 Å². The van der Waals surface area contributed by atoms with Crippen molar-refractivity contribution in [2.45, 2.75) is 53.5 Å². The van der Waals surface area contributed by atoms with Gasteiger partial charge in [0.25, 0.3) is 17.7 Å². The van der Waals surface area contributed by atoms with Gasteiger partial charge in [-0.1, -0.05) is 27.7 Å². The summed E-state index contributed by atoms with van der Waals surface area (Å²) in [7, 11) is 0. The third kappa shape index (κ3) is 11.3. The van der Waals surface area contributed by atoms with E-state index in [0.29, 0.717) is 29.8 Å². The average molecular weight is 650 g/mol. The first-order valence-corrected chi connectivity index (χ1v) is 16.2. The van der Waals surface area contributed by atoms with Crippen molar-refractivity contribution in [2.75, 3.05) is 57.7 Å². The topological polar surface area (TPSA) is 184 Å². The van der Waals surface area contributed by atoms with Crippen molar-refractivity contribution in [3.05, 3.63) is 58.0 Å². The minimum atomic E-state index is -1.49. The molecule has 1 unspecified atom stereocenters. The molecule has 3 aromatic rings. The summed E-state index contributed by atoms with van der Waals surface area (Å²) < 4.78 is 0. The van der Waals surface area contributed by atoms with Crippen LogP contribution in [0.5, 0.6) is 0 Å². The van der Waals surface area contributed by atoms with Crippen molar-refractivity contribution in [3.8, 4) is 0 Å². The van der Waals surface area contributed by atoms with Crippen LogP contribution in [0.3, 0.4) is 0 Å². The van der Waals surface area contributed by atoms with Crippen molar-refractivity contribution in [1.29, 1.82) is 0 Å². The zero-order chi connectivity index (χ0) is 34.3. The molecule has 0 bridgehead atoms. The molecule has 14 heteroatoms. The molecule has 0 radical (unpaired) electrons.